The number of hydrogen-bond acceptors (Lipinski definition) is 6. The maximum absolute atomic E-state index is 12.4. The average molecular weight is 446 g/mol. The molecule has 0 aliphatic heterocycles. The molecule has 3 aromatic carbocycles. The molecule has 0 saturated heterocycles. The second-order valence-corrected chi connectivity index (χ2v) is 8.09. The third kappa shape index (κ3) is 5.36. The molecule has 0 aliphatic rings. The van der Waals surface area contributed by atoms with E-state index in [9.17, 15) is 4.79 Å². The van der Waals surface area contributed by atoms with Crippen LogP contribution < -0.4 is 10.1 Å². The molecule has 0 unspecified atom stereocenters. The molecule has 0 spiro atoms. The molecule has 7 heteroatoms. The lowest BCUT2D eigenvalue weighted by molar-refractivity contribution is -0.119. The predicted molar refractivity (Wildman–Crippen MR) is 125 cm³/mol. The van der Waals surface area contributed by atoms with Crippen LogP contribution in [0.4, 0.5) is 0 Å². The van der Waals surface area contributed by atoms with Crippen LogP contribution in [0.2, 0.25) is 0 Å². The lowest BCUT2D eigenvalue weighted by Gasteiger charge is -2.14. The number of carbonyl (C=O) groups is 1. The van der Waals surface area contributed by atoms with Crippen molar-refractivity contribution in [3.05, 3.63) is 84.4 Å². The van der Waals surface area contributed by atoms with E-state index in [1.807, 2.05) is 61.5 Å². The van der Waals surface area contributed by atoms with Crippen LogP contribution in [0.15, 0.2) is 88.5 Å². The Morgan fingerprint density at radius 1 is 0.938 bits per heavy atom. The van der Waals surface area contributed by atoms with E-state index in [4.69, 9.17) is 9.15 Å². The molecular formula is C25H23N3O3S. The van der Waals surface area contributed by atoms with Gasteiger partial charge in [-0.25, -0.2) is 0 Å². The lowest BCUT2D eigenvalue weighted by atomic mass is 10.0. The molecule has 0 aliphatic carbocycles. The number of aromatic nitrogens is 2. The van der Waals surface area contributed by atoms with Gasteiger partial charge in [-0.2, -0.15) is 0 Å². The lowest BCUT2D eigenvalue weighted by Crippen LogP contribution is -2.28. The minimum absolute atomic E-state index is 0.0983. The molecule has 0 saturated carbocycles. The summed E-state index contributed by atoms with van der Waals surface area (Å²) in [6.45, 7) is 1.97. The van der Waals surface area contributed by atoms with E-state index in [2.05, 4.69) is 39.8 Å². The SMILES string of the molecule is COc1ccc(-c2nnc(SCC(=O)N[C@@H](C)c3ccc(-c4ccccc4)cc3)o2)cc1. The summed E-state index contributed by atoms with van der Waals surface area (Å²) in [5, 5.41) is 11.4. The molecule has 32 heavy (non-hydrogen) atoms. The molecule has 1 amide bonds. The summed E-state index contributed by atoms with van der Waals surface area (Å²) >= 11 is 1.21. The normalized spacial score (nSPS) is 11.7. The van der Waals surface area contributed by atoms with Crippen molar-refractivity contribution in [3.8, 4) is 28.3 Å². The Labute approximate surface area is 191 Å². The summed E-state index contributed by atoms with van der Waals surface area (Å²) in [4.78, 5) is 12.4. The van der Waals surface area contributed by atoms with Crippen LogP contribution in [0.1, 0.15) is 18.5 Å². The number of thioether (sulfide) groups is 1. The van der Waals surface area contributed by atoms with Crippen molar-refractivity contribution in [2.75, 3.05) is 12.9 Å². The van der Waals surface area contributed by atoms with E-state index < -0.39 is 0 Å². The summed E-state index contributed by atoms with van der Waals surface area (Å²) in [6, 6.07) is 25.7. The smallest absolute Gasteiger partial charge is 0.277 e. The molecule has 1 N–H and O–H groups in total. The van der Waals surface area contributed by atoms with Crippen molar-refractivity contribution < 1.29 is 13.9 Å². The van der Waals surface area contributed by atoms with Crippen molar-refractivity contribution in [3.63, 3.8) is 0 Å². The monoisotopic (exact) mass is 445 g/mol. The van der Waals surface area contributed by atoms with Gasteiger partial charge < -0.3 is 14.5 Å². The highest BCUT2D eigenvalue weighted by Gasteiger charge is 2.14. The second-order valence-electron chi connectivity index (χ2n) is 7.17. The first-order valence-electron chi connectivity index (χ1n) is 10.2. The zero-order valence-electron chi connectivity index (χ0n) is 17.8. The van der Waals surface area contributed by atoms with Gasteiger partial charge in [0.25, 0.3) is 5.22 Å². The standard InChI is InChI=1S/C25H23N3O3S/c1-17(18-8-10-20(11-9-18)19-6-4-3-5-7-19)26-23(29)16-32-25-28-27-24(31-25)21-12-14-22(30-2)15-13-21/h3-15,17H,16H2,1-2H3,(H,26,29)/t17-/m0/s1. The third-order valence-electron chi connectivity index (χ3n) is 4.97. The van der Waals surface area contributed by atoms with Crippen LogP contribution in [0.5, 0.6) is 5.75 Å². The number of carbonyl (C=O) groups excluding carboxylic acids is 1. The highest BCUT2D eigenvalue weighted by molar-refractivity contribution is 7.99. The number of ether oxygens (including phenoxy) is 1. The van der Waals surface area contributed by atoms with Gasteiger partial charge in [-0.05, 0) is 47.9 Å². The Bertz CT molecular complexity index is 1160. The first-order chi connectivity index (χ1) is 15.6. The van der Waals surface area contributed by atoms with E-state index in [0.29, 0.717) is 11.1 Å². The van der Waals surface area contributed by atoms with E-state index in [-0.39, 0.29) is 17.7 Å². The van der Waals surface area contributed by atoms with Gasteiger partial charge in [-0.1, -0.05) is 66.4 Å². The number of nitrogens with zero attached hydrogens (tertiary/aromatic N) is 2. The topological polar surface area (TPSA) is 77.2 Å². The van der Waals surface area contributed by atoms with Gasteiger partial charge in [0.15, 0.2) is 0 Å². The molecule has 4 aromatic rings. The maximum Gasteiger partial charge on any atom is 0.277 e. The van der Waals surface area contributed by atoms with E-state index in [1.54, 1.807) is 7.11 Å². The van der Waals surface area contributed by atoms with E-state index in [0.717, 1.165) is 22.4 Å². The van der Waals surface area contributed by atoms with Crippen LogP contribution >= 0.6 is 11.8 Å². The van der Waals surface area contributed by atoms with Crippen molar-refractivity contribution in [1.29, 1.82) is 0 Å². The molecule has 1 aromatic heterocycles. The van der Waals surface area contributed by atoms with E-state index >= 15 is 0 Å². The number of nitrogens with one attached hydrogen (secondary N) is 1. The van der Waals surface area contributed by atoms with Gasteiger partial charge in [0.05, 0.1) is 18.9 Å². The number of benzene rings is 3. The van der Waals surface area contributed by atoms with Crippen molar-refractivity contribution in [2.45, 2.75) is 18.2 Å². The van der Waals surface area contributed by atoms with Crippen molar-refractivity contribution in [1.82, 2.24) is 15.5 Å². The highest BCUT2D eigenvalue weighted by Crippen LogP contribution is 2.25. The first kappa shape index (κ1) is 21.6. The molecule has 1 heterocycles. The zero-order valence-corrected chi connectivity index (χ0v) is 18.6. The average Bonchev–Trinajstić information content (AvgIpc) is 3.32. The Balaban J connectivity index is 1.29. The Kier molecular flexibility index (Phi) is 6.87. The van der Waals surface area contributed by atoms with E-state index in [1.165, 1.54) is 17.3 Å². The molecule has 162 valence electrons. The van der Waals surface area contributed by atoms with Crippen molar-refractivity contribution in [2.24, 2.45) is 0 Å². The number of rotatable bonds is 8. The summed E-state index contributed by atoms with van der Waals surface area (Å²) in [6.07, 6.45) is 0. The fourth-order valence-corrected chi connectivity index (χ4v) is 3.78. The number of hydrogen-bond donors (Lipinski definition) is 1. The summed E-state index contributed by atoms with van der Waals surface area (Å²) in [5.41, 5.74) is 4.15. The minimum Gasteiger partial charge on any atom is -0.497 e. The van der Waals surface area contributed by atoms with Crippen LogP contribution in [0.3, 0.4) is 0 Å². The van der Waals surface area contributed by atoms with Gasteiger partial charge in [0.1, 0.15) is 5.75 Å². The Hall–Kier alpha value is -3.58. The van der Waals surface area contributed by atoms with Gasteiger partial charge in [-0.3, -0.25) is 4.79 Å². The van der Waals surface area contributed by atoms with Gasteiger partial charge >= 0.3 is 0 Å². The minimum atomic E-state index is -0.106. The molecule has 6 nitrogen and oxygen atoms in total. The Morgan fingerprint density at radius 3 is 2.28 bits per heavy atom. The van der Waals surface area contributed by atoms with Crippen molar-refractivity contribution >= 4 is 17.7 Å². The fraction of sp³-hybridized carbons (Fsp3) is 0.160. The number of amides is 1. The zero-order chi connectivity index (χ0) is 22.3. The number of methoxy groups -OCH3 is 1. The van der Waals surface area contributed by atoms with Crippen LogP contribution in [-0.4, -0.2) is 29.0 Å². The van der Waals surface area contributed by atoms with Gasteiger partial charge in [0.2, 0.25) is 11.8 Å². The third-order valence-corrected chi connectivity index (χ3v) is 5.78. The summed E-state index contributed by atoms with van der Waals surface area (Å²) in [5.74, 6) is 1.25. The summed E-state index contributed by atoms with van der Waals surface area (Å²) in [7, 11) is 1.61. The molecule has 4 rings (SSSR count). The molecular weight excluding hydrogens is 422 g/mol. The molecule has 0 bridgehead atoms. The Morgan fingerprint density at radius 2 is 1.59 bits per heavy atom. The molecule has 0 radical (unpaired) electrons. The van der Waals surface area contributed by atoms with Crippen LogP contribution in [0, 0.1) is 0 Å². The first-order valence-corrected chi connectivity index (χ1v) is 11.2. The van der Waals surface area contributed by atoms with Crippen LogP contribution in [0.25, 0.3) is 22.6 Å². The second kappa shape index (κ2) is 10.2. The van der Waals surface area contributed by atoms with Gasteiger partial charge in [0, 0.05) is 5.56 Å². The quantitative estimate of drug-likeness (QED) is 0.367. The van der Waals surface area contributed by atoms with Gasteiger partial charge in [-0.15, -0.1) is 10.2 Å². The van der Waals surface area contributed by atoms with Crippen LogP contribution in [-0.2, 0) is 4.79 Å². The fourth-order valence-electron chi connectivity index (χ4n) is 3.21. The molecule has 1 atom stereocenters. The molecule has 0 fully saturated rings. The largest absolute Gasteiger partial charge is 0.497 e. The maximum atomic E-state index is 12.4. The highest BCUT2D eigenvalue weighted by atomic mass is 32.2. The summed E-state index contributed by atoms with van der Waals surface area (Å²) < 4.78 is 10.8. The predicted octanol–water partition coefficient (Wildman–Crippen LogP) is 5.38.